The maximum atomic E-state index is 11.1. The van der Waals surface area contributed by atoms with E-state index in [1.54, 1.807) is 0 Å². The molecule has 0 aliphatic carbocycles. The number of nitrogens with zero attached hydrogens (tertiary/aromatic N) is 2. The average Bonchev–Trinajstić information content (AvgIpc) is 2.57. The van der Waals surface area contributed by atoms with Crippen LogP contribution in [0.3, 0.4) is 0 Å². The second-order valence-corrected chi connectivity index (χ2v) is 3.18. The van der Waals surface area contributed by atoms with Gasteiger partial charge in [0.05, 0.1) is 6.54 Å². The number of hydrogen-bond donors (Lipinski definition) is 4. The molecule has 9 nitrogen and oxygen atoms in total. The fraction of sp³-hybridized carbons (Fsp3) is 0.571. The second-order valence-electron chi connectivity index (χ2n) is 3.18. The fourth-order valence-electron chi connectivity index (χ4n) is 1.30. The first-order valence-electron chi connectivity index (χ1n) is 4.66. The average molecular weight is 230 g/mol. The molecule has 0 aromatic heterocycles. The molecule has 1 saturated heterocycles. The zero-order valence-corrected chi connectivity index (χ0v) is 8.60. The lowest BCUT2D eigenvalue weighted by atomic mass is 10.5. The monoisotopic (exact) mass is 230 g/mol. The summed E-state index contributed by atoms with van der Waals surface area (Å²) < 4.78 is 0. The Kier molecular flexibility index (Phi) is 3.75. The first-order chi connectivity index (χ1) is 7.50. The van der Waals surface area contributed by atoms with E-state index in [-0.39, 0.29) is 19.1 Å². The molecule has 90 valence electrons. The highest BCUT2D eigenvalue weighted by Crippen LogP contribution is 1.96. The van der Waals surface area contributed by atoms with Crippen LogP contribution in [0.25, 0.3) is 0 Å². The van der Waals surface area contributed by atoms with Crippen molar-refractivity contribution in [2.24, 2.45) is 11.5 Å². The number of primary amides is 2. The summed E-state index contributed by atoms with van der Waals surface area (Å²) in [6, 6.07) is -1.92. The molecule has 0 atom stereocenters. The molecule has 0 spiro atoms. The van der Waals surface area contributed by atoms with Crippen LogP contribution in [0.15, 0.2) is 0 Å². The molecule has 9 heteroatoms. The molecular weight excluding hydrogens is 216 g/mol. The van der Waals surface area contributed by atoms with Gasteiger partial charge in [0.15, 0.2) is 0 Å². The van der Waals surface area contributed by atoms with Gasteiger partial charge in [0, 0.05) is 19.6 Å². The molecular formula is C7H14N6O3. The summed E-state index contributed by atoms with van der Waals surface area (Å²) in [5.74, 6) is 0. The zero-order chi connectivity index (χ0) is 12.1. The topological polar surface area (TPSA) is 134 Å². The van der Waals surface area contributed by atoms with Crippen LogP contribution >= 0.6 is 0 Å². The molecule has 0 aromatic rings. The van der Waals surface area contributed by atoms with Crippen molar-refractivity contribution < 1.29 is 14.4 Å². The van der Waals surface area contributed by atoms with Crippen molar-refractivity contribution >= 4 is 18.1 Å². The van der Waals surface area contributed by atoms with Crippen molar-refractivity contribution in [3.8, 4) is 0 Å². The van der Waals surface area contributed by atoms with Crippen molar-refractivity contribution in [2.75, 3.05) is 26.2 Å². The van der Waals surface area contributed by atoms with E-state index in [1.807, 2.05) is 0 Å². The summed E-state index contributed by atoms with van der Waals surface area (Å²) in [6.45, 7) is 1.49. The number of nitrogens with two attached hydrogens (primary N) is 2. The highest BCUT2D eigenvalue weighted by Gasteiger charge is 2.21. The van der Waals surface area contributed by atoms with E-state index in [4.69, 9.17) is 11.5 Å². The number of urea groups is 3. The number of carbonyl (C=O) groups excluding carboxylic acids is 3. The predicted molar refractivity (Wildman–Crippen MR) is 54.0 cm³/mol. The number of hydrazine groups is 1. The third-order valence-electron chi connectivity index (χ3n) is 2.05. The Morgan fingerprint density at radius 2 is 2.19 bits per heavy atom. The Hall–Kier alpha value is -2.19. The quantitative estimate of drug-likeness (QED) is 0.417. The van der Waals surface area contributed by atoms with Gasteiger partial charge in [-0.25, -0.2) is 24.8 Å². The summed E-state index contributed by atoms with van der Waals surface area (Å²) in [5.41, 5.74) is 11.9. The summed E-state index contributed by atoms with van der Waals surface area (Å²) in [6.07, 6.45) is 0. The molecule has 1 aliphatic rings. The molecule has 1 rings (SSSR count). The molecule has 6 N–H and O–H groups in total. The lowest BCUT2D eigenvalue weighted by Gasteiger charge is -2.22. The molecule has 1 fully saturated rings. The van der Waals surface area contributed by atoms with E-state index in [0.29, 0.717) is 13.1 Å². The minimum Gasteiger partial charge on any atom is -0.350 e. The summed E-state index contributed by atoms with van der Waals surface area (Å²) in [7, 11) is 0. The summed E-state index contributed by atoms with van der Waals surface area (Å²) in [4.78, 5) is 34.1. The van der Waals surface area contributed by atoms with E-state index in [2.05, 4.69) is 10.7 Å². The molecule has 6 amide bonds. The third kappa shape index (κ3) is 3.19. The van der Waals surface area contributed by atoms with Crippen LogP contribution in [0.2, 0.25) is 0 Å². The Balaban J connectivity index is 2.40. The Morgan fingerprint density at radius 3 is 2.62 bits per heavy atom. The lowest BCUT2D eigenvalue weighted by molar-refractivity contribution is 0.167. The van der Waals surface area contributed by atoms with Crippen LogP contribution in [-0.4, -0.2) is 54.2 Å². The van der Waals surface area contributed by atoms with Gasteiger partial charge >= 0.3 is 18.1 Å². The van der Waals surface area contributed by atoms with Gasteiger partial charge < -0.3 is 21.7 Å². The van der Waals surface area contributed by atoms with Crippen LogP contribution in [0.1, 0.15) is 0 Å². The predicted octanol–water partition coefficient (Wildman–Crippen LogP) is -2.02. The molecule has 0 saturated carbocycles. The zero-order valence-electron chi connectivity index (χ0n) is 8.60. The molecule has 0 bridgehead atoms. The normalized spacial score (nSPS) is 14.5. The molecule has 0 aromatic carbocycles. The van der Waals surface area contributed by atoms with Gasteiger partial charge in [-0.3, -0.25) is 0 Å². The van der Waals surface area contributed by atoms with E-state index in [9.17, 15) is 14.4 Å². The SMILES string of the molecule is NC(=O)NN(CCN1CCNC1=O)C(N)=O. The van der Waals surface area contributed by atoms with E-state index in [1.165, 1.54) is 4.90 Å². The van der Waals surface area contributed by atoms with Gasteiger partial charge in [0.1, 0.15) is 0 Å². The first-order valence-corrected chi connectivity index (χ1v) is 4.66. The second kappa shape index (κ2) is 5.05. The van der Waals surface area contributed by atoms with Gasteiger partial charge in [-0.2, -0.15) is 0 Å². The number of rotatable bonds is 3. The standard InChI is InChI=1S/C7H14N6O3/c8-5(14)11-13(6(9)15)4-3-12-2-1-10-7(12)16/h1-4H2,(H2,9,15)(H,10,16)(H3,8,11,14). The van der Waals surface area contributed by atoms with Gasteiger partial charge in [0.25, 0.3) is 0 Å². The Morgan fingerprint density at radius 1 is 1.50 bits per heavy atom. The number of amides is 6. The largest absolute Gasteiger partial charge is 0.350 e. The van der Waals surface area contributed by atoms with E-state index in [0.717, 1.165) is 5.01 Å². The van der Waals surface area contributed by atoms with E-state index < -0.39 is 12.1 Å². The smallest absolute Gasteiger partial charge is 0.333 e. The van der Waals surface area contributed by atoms with Crippen LogP contribution in [0, 0.1) is 0 Å². The summed E-state index contributed by atoms with van der Waals surface area (Å²) in [5, 5.41) is 3.46. The highest BCUT2D eigenvalue weighted by molar-refractivity contribution is 5.78. The van der Waals surface area contributed by atoms with Gasteiger partial charge in [-0.05, 0) is 0 Å². The molecule has 0 radical (unpaired) electrons. The van der Waals surface area contributed by atoms with Crippen LogP contribution < -0.4 is 22.2 Å². The Bertz CT molecular complexity index is 306. The minimum absolute atomic E-state index is 0.0890. The minimum atomic E-state index is -0.885. The highest BCUT2D eigenvalue weighted by atomic mass is 16.2. The Labute approximate surface area is 91.7 Å². The number of hydrogen-bond acceptors (Lipinski definition) is 3. The molecule has 1 aliphatic heterocycles. The lowest BCUT2D eigenvalue weighted by Crippen LogP contribution is -2.53. The number of carbonyl (C=O) groups is 3. The maximum Gasteiger partial charge on any atom is 0.333 e. The van der Waals surface area contributed by atoms with Crippen LogP contribution in [-0.2, 0) is 0 Å². The summed E-state index contributed by atoms with van der Waals surface area (Å²) >= 11 is 0. The van der Waals surface area contributed by atoms with Crippen molar-refractivity contribution in [3.63, 3.8) is 0 Å². The van der Waals surface area contributed by atoms with Crippen molar-refractivity contribution in [3.05, 3.63) is 0 Å². The molecule has 1 heterocycles. The van der Waals surface area contributed by atoms with Crippen molar-refractivity contribution in [2.45, 2.75) is 0 Å². The van der Waals surface area contributed by atoms with E-state index >= 15 is 0 Å². The van der Waals surface area contributed by atoms with Crippen molar-refractivity contribution in [1.82, 2.24) is 20.7 Å². The first kappa shape index (κ1) is 11.9. The number of nitrogens with one attached hydrogen (secondary N) is 2. The van der Waals surface area contributed by atoms with Gasteiger partial charge in [-0.15, -0.1) is 0 Å². The molecule has 0 unspecified atom stereocenters. The molecule has 16 heavy (non-hydrogen) atoms. The maximum absolute atomic E-state index is 11.1. The van der Waals surface area contributed by atoms with Crippen LogP contribution in [0.4, 0.5) is 14.4 Å². The van der Waals surface area contributed by atoms with Gasteiger partial charge in [-0.1, -0.05) is 0 Å². The van der Waals surface area contributed by atoms with Crippen molar-refractivity contribution in [1.29, 1.82) is 0 Å². The fourth-order valence-corrected chi connectivity index (χ4v) is 1.30. The third-order valence-corrected chi connectivity index (χ3v) is 2.05. The van der Waals surface area contributed by atoms with Gasteiger partial charge in [0.2, 0.25) is 0 Å². The van der Waals surface area contributed by atoms with Crippen LogP contribution in [0.5, 0.6) is 0 Å².